The van der Waals surface area contributed by atoms with E-state index in [1.165, 1.54) is 60.4 Å². The maximum absolute atomic E-state index is 5.39. The van der Waals surface area contributed by atoms with Crippen LogP contribution in [0.2, 0.25) is 0 Å². The largest absolute Gasteiger partial charge is 0.309 e. The number of para-hydroxylation sites is 3. The molecule has 0 N–H and O–H groups in total. The standard InChI is InChI=1S/C57H38N4/c1-5-17-39(18-6-1)55-56(40-19-7-2-8-20-40)61(57(58-55)41-21-9-3-10-22-41)46-33-31-45(32-34-46)60-52-28-16-14-26-48(52)50-38-43(30-36-54(50)60)42-29-35-53-49(37-42)47-25-13-15-27-51(47)59(53)44-23-11-4-12-24-44/h1-38H. The van der Waals surface area contributed by atoms with Crippen LogP contribution in [0, 0.1) is 0 Å². The van der Waals surface area contributed by atoms with Gasteiger partial charge in [-0.15, -0.1) is 0 Å². The van der Waals surface area contributed by atoms with E-state index in [4.69, 9.17) is 4.98 Å². The molecule has 9 aromatic carbocycles. The molecule has 0 bridgehead atoms. The van der Waals surface area contributed by atoms with Gasteiger partial charge in [-0.1, -0.05) is 158 Å². The number of nitrogens with zero attached hydrogens (tertiary/aromatic N) is 4. The maximum atomic E-state index is 5.39. The number of fused-ring (bicyclic) bond motifs is 6. The molecule has 0 atom stereocenters. The van der Waals surface area contributed by atoms with Crippen molar-refractivity contribution in [2.75, 3.05) is 0 Å². The molecule has 3 aromatic heterocycles. The van der Waals surface area contributed by atoms with Crippen LogP contribution in [0.1, 0.15) is 0 Å². The molecule has 0 saturated carbocycles. The van der Waals surface area contributed by atoms with Crippen LogP contribution in [0.15, 0.2) is 231 Å². The number of hydrogen-bond acceptors (Lipinski definition) is 1. The third-order valence-electron chi connectivity index (χ3n) is 12.1. The summed E-state index contributed by atoms with van der Waals surface area (Å²) in [5, 5.41) is 4.95. The molecule has 0 amide bonds. The third-order valence-corrected chi connectivity index (χ3v) is 12.1. The van der Waals surface area contributed by atoms with Gasteiger partial charge in [-0.3, -0.25) is 4.57 Å². The molecule has 286 valence electrons. The summed E-state index contributed by atoms with van der Waals surface area (Å²) >= 11 is 0. The molecule has 0 fully saturated rings. The average molecular weight is 779 g/mol. The molecule has 4 nitrogen and oxygen atoms in total. The molecule has 3 heterocycles. The number of benzene rings is 9. The van der Waals surface area contributed by atoms with E-state index >= 15 is 0 Å². The monoisotopic (exact) mass is 778 g/mol. The van der Waals surface area contributed by atoms with Crippen molar-refractivity contribution in [3.63, 3.8) is 0 Å². The van der Waals surface area contributed by atoms with E-state index in [0.717, 1.165) is 45.3 Å². The Morgan fingerprint density at radius 2 is 0.656 bits per heavy atom. The van der Waals surface area contributed by atoms with Crippen molar-refractivity contribution in [1.82, 2.24) is 18.7 Å². The predicted molar refractivity (Wildman–Crippen MR) is 254 cm³/mol. The van der Waals surface area contributed by atoms with Gasteiger partial charge in [0.1, 0.15) is 5.82 Å². The predicted octanol–water partition coefficient (Wildman–Crippen LogP) is 14.7. The first-order valence-electron chi connectivity index (χ1n) is 20.8. The van der Waals surface area contributed by atoms with E-state index in [1.807, 2.05) is 0 Å². The van der Waals surface area contributed by atoms with Gasteiger partial charge in [0.2, 0.25) is 0 Å². The van der Waals surface area contributed by atoms with Gasteiger partial charge in [-0.25, -0.2) is 4.98 Å². The van der Waals surface area contributed by atoms with Crippen LogP contribution < -0.4 is 0 Å². The second-order valence-corrected chi connectivity index (χ2v) is 15.6. The lowest BCUT2D eigenvalue weighted by Crippen LogP contribution is -2.01. The van der Waals surface area contributed by atoms with Crippen LogP contribution in [-0.4, -0.2) is 18.7 Å². The summed E-state index contributed by atoms with van der Waals surface area (Å²) in [4.78, 5) is 5.39. The fraction of sp³-hybridized carbons (Fsp3) is 0. The summed E-state index contributed by atoms with van der Waals surface area (Å²) in [6.45, 7) is 0. The van der Waals surface area contributed by atoms with E-state index in [9.17, 15) is 0 Å². The summed E-state index contributed by atoms with van der Waals surface area (Å²) in [6, 6.07) is 82.6. The van der Waals surface area contributed by atoms with Crippen LogP contribution in [0.4, 0.5) is 0 Å². The Kier molecular flexibility index (Phi) is 8.13. The Balaban J connectivity index is 0.997. The minimum absolute atomic E-state index is 0.901. The maximum Gasteiger partial charge on any atom is 0.145 e. The van der Waals surface area contributed by atoms with Gasteiger partial charge in [-0.2, -0.15) is 0 Å². The van der Waals surface area contributed by atoms with E-state index in [-0.39, 0.29) is 0 Å². The minimum atomic E-state index is 0.901. The molecule has 0 unspecified atom stereocenters. The van der Waals surface area contributed by atoms with Gasteiger partial charge in [0, 0.05) is 55.3 Å². The average Bonchev–Trinajstić information content (AvgIpc) is 4.01. The van der Waals surface area contributed by atoms with Crippen LogP contribution in [0.25, 0.3) is 106 Å². The Morgan fingerprint density at radius 1 is 0.262 bits per heavy atom. The van der Waals surface area contributed by atoms with Crippen LogP contribution in [0.5, 0.6) is 0 Å². The molecule has 0 aliphatic rings. The molecular weight excluding hydrogens is 741 g/mol. The molecule has 12 aromatic rings. The smallest absolute Gasteiger partial charge is 0.145 e. The highest BCUT2D eigenvalue weighted by molar-refractivity contribution is 6.12. The van der Waals surface area contributed by atoms with Crippen molar-refractivity contribution in [1.29, 1.82) is 0 Å². The zero-order valence-corrected chi connectivity index (χ0v) is 33.2. The number of hydrogen-bond donors (Lipinski definition) is 0. The lowest BCUT2D eigenvalue weighted by atomic mass is 10.0. The van der Waals surface area contributed by atoms with Crippen molar-refractivity contribution in [2.45, 2.75) is 0 Å². The first kappa shape index (κ1) is 34.8. The molecule has 4 heteroatoms. The molecule has 12 rings (SSSR count). The van der Waals surface area contributed by atoms with Crippen LogP contribution in [-0.2, 0) is 0 Å². The van der Waals surface area contributed by atoms with Gasteiger partial charge < -0.3 is 9.13 Å². The molecule has 0 radical (unpaired) electrons. The Bertz CT molecular complexity index is 3540. The van der Waals surface area contributed by atoms with Gasteiger partial charge >= 0.3 is 0 Å². The van der Waals surface area contributed by atoms with Crippen molar-refractivity contribution < 1.29 is 0 Å². The lowest BCUT2D eigenvalue weighted by Gasteiger charge is -2.15. The Morgan fingerprint density at radius 3 is 1.18 bits per heavy atom. The topological polar surface area (TPSA) is 27.7 Å². The molecule has 0 aliphatic carbocycles. The first-order chi connectivity index (χ1) is 30.3. The normalized spacial score (nSPS) is 11.6. The highest BCUT2D eigenvalue weighted by atomic mass is 15.1. The van der Waals surface area contributed by atoms with Gasteiger partial charge in [0.05, 0.1) is 33.5 Å². The highest BCUT2D eigenvalue weighted by Gasteiger charge is 2.23. The lowest BCUT2D eigenvalue weighted by molar-refractivity contribution is 1.07. The van der Waals surface area contributed by atoms with Gasteiger partial charge in [0.25, 0.3) is 0 Å². The summed E-state index contributed by atoms with van der Waals surface area (Å²) in [5.74, 6) is 0.901. The van der Waals surface area contributed by atoms with Crippen molar-refractivity contribution in [2.24, 2.45) is 0 Å². The van der Waals surface area contributed by atoms with E-state index < -0.39 is 0 Å². The minimum Gasteiger partial charge on any atom is -0.309 e. The van der Waals surface area contributed by atoms with Crippen molar-refractivity contribution in [3.05, 3.63) is 231 Å². The summed E-state index contributed by atoms with van der Waals surface area (Å²) in [5.41, 5.74) is 15.7. The Hall–Kier alpha value is -8.21. The van der Waals surface area contributed by atoms with E-state index in [2.05, 4.69) is 244 Å². The number of rotatable bonds is 7. The zero-order chi connectivity index (χ0) is 40.3. The Labute approximate surface area is 353 Å². The molecule has 0 spiro atoms. The number of imidazole rings is 1. The molecular formula is C57H38N4. The van der Waals surface area contributed by atoms with E-state index in [0.29, 0.717) is 0 Å². The van der Waals surface area contributed by atoms with Crippen LogP contribution >= 0.6 is 0 Å². The fourth-order valence-corrected chi connectivity index (χ4v) is 9.30. The fourth-order valence-electron chi connectivity index (χ4n) is 9.30. The molecule has 0 aliphatic heterocycles. The SMILES string of the molecule is c1ccc(-c2nc(-c3ccccc3)n(-c3ccc(-n4c5ccccc5c5cc(-c6ccc7c(c6)c6ccccc6n7-c6ccccc6)ccc54)cc3)c2-c2ccccc2)cc1. The molecule has 61 heavy (non-hydrogen) atoms. The van der Waals surface area contributed by atoms with Crippen LogP contribution in [0.3, 0.4) is 0 Å². The first-order valence-corrected chi connectivity index (χ1v) is 20.8. The quantitative estimate of drug-likeness (QED) is 0.158. The highest BCUT2D eigenvalue weighted by Crippen LogP contribution is 2.41. The zero-order valence-electron chi connectivity index (χ0n) is 33.2. The van der Waals surface area contributed by atoms with Crippen molar-refractivity contribution >= 4 is 43.6 Å². The van der Waals surface area contributed by atoms with Gasteiger partial charge in [-0.05, 0) is 83.9 Å². The summed E-state index contributed by atoms with van der Waals surface area (Å²) in [6.07, 6.45) is 0. The molecule has 0 saturated heterocycles. The second-order valence-electron chi connectivity index (χ2n) is 15.6. The summed E-state index contributed by atoms with van der Waals surface area (Å²) in [7, 11) is 0. The van der Waals surface area contributed by atoms with Gasteiger partial charge in [0.15, 0.2) is 0 Å². The van der Waals surface area contributed by atoms with E-state index in [1.54, 1.807) is 0 Å². The number of aromatic nitrogens is 4. The summed E-state index contributed by atoms with van der Waals surface area (Å²) < 4.78 is 7.09. The third kappa shape index (κ3) is 5.72. The second kappa shape index (κ2) is 14.3. The van der Waals surface area contributed by atoms with Crippen molar-refractivity contribution in [3.8, 4) is 62.1 Å².